The molecule has 1 fully saturated rings. The smallest absolute Gasteiger partial charge is 0.227 e. The van der Waals surface area contributed by atoms with Gasteiger partial charge in [0.25, 0.3) is 0 Å². The number of hydrogen-bond donors (Lipinski definition) is 2. The molecule has 0 spiro atoms. The third-order valence-electron chi connectivity index (χ3n) is 5.08. The van der Waals surface area contributed by atoms with Crippen LogP contribution in [0, 0.1) is 5.41 Å². The van der Waals surface area contributed by atoms with Gasteiger partial charge in [-0.3, -0.25) is 9.69 Å². The summed E-state index contributed by atoms with van der Waals surface area (Å²) in [6.45, 7) is 7.43. The predicted molar refractivity (Wildman–Crippen MR) is 105 cm³/mol. The molecule has 0 saturated carbocycles. The molecule has 1 saturated heterocycles. The Kier molecular flexibility index (Phi) is 10.6. The zero-order chi connectivity index (χ0) is 16.0. The van der Waals surface area contributed by atoms with Gasteiger partial charge in [0.05, 0.1) is 5.41 Å². The summed E-state index contributed by atoms with van der Waals surface area (Å²) < 4.78 is 0. The lowest BCUT2D eigenvalue weighted by Crippen LogP contribution is -2.49. The van der Waals surface area contributed by atoms with E-state index in [4.69, 9.17) is 5.73 Å². The molecule has 0 aliphatic carbocycles. The highest BCUT2D eigenvalue weighted by Gasteiger charge is 2.35. The SMILES string of the molecule is CCC(CC)(CN)C(=O)NC1CCN(Cc2ccccc2)C1.Cl.Cl. The number of rotatable bonds is 7. The summed E-state index contributed by atoms with van der Waals surface area (Å²) in [5, 5.41) is 3.23. The van der Waals surface area contributed by atoms with Crippen molar-refractivity contribution in [2.45, 2.75) is 45.7 Å². The summed E-state index contributed by atoms with van der Waals surface area (Å²) in [6, 6.07) is 10.7. The van der Waals surface area contributed by atoms with Gasteiger partial charge in [-0.25, -0.2) is 0 Å². The molecule has 2 rings (SSSR count). The number of carbonyl (C=O) groups excluding carboxylic acids is 1. The molecular weight excluding hydrogens is 345 g/mol. The summed E-state index contributed by atoms with van der Waals surface area (Å²) >= 11 is 0. The van der Waals surface area contributed by atoms with E-state index in [1.165, 1.54) is 5.56 Å². The minimum Gasteiger partial charge on any atom is -0.352 e. The first-order valence-electron chi connectivity index (χ1n) is 8.41. The molecule has 4 nitrogen and oxygen atoms in total. The van der Waals surface area contributed by atoms with Gasteiger partial charge in [-0.05, 0) is 24.8 Å². The van der Waals surface area contributed by atoms with E-state index in [-0.39, 0.29) is 36.8 Å². The Morgan fingerprint density at radius 2 is 1.88 bits per heavy atom. The first kappa shape index (κ1) is 23.2. The fourth-order valence-corrected chi connectivity index (χ4v) is 3.23. The maximum atomic E-state index is 12.6. The number of benzene rings is 1. The van der Waals surface area contributed by atoms with Crippen molar-refractivity contribution < 1.29 is 4.79 Å². The van der Waals surface area contributed by atoms with Gasteiger partial charge in [0.2, 0.25) is 5.91 Å². The van der Waals surface area contributed by atoms with E-state index in [0.29, 0.717) is 6.54 Å². The number of carbonyl (C=O) groups is 1. The first-order chi connectivity index (χ1) is 10.6. The molecule has 0 radical (unpaired) electrons. The Morgan fingerprint density at radius 1 is 1.25 bits per heavy atom. The fourth-order valence-electron chi connectivity index (χ4n) is 3.23. The Hall–Kier alpha value is -0.810. The van der Waals surface area contributed by atoms with Crippen molar-refractivity contribution in [3.63, 3.8) is 0 Å². The molecule has 1 unspecified atom stereocenters. The van der Waals surface area contributed by atoms with Gasteiger partial charge in [-0.1, -0.05) is 44.2 Å². The lowest BCUT2D eigenvalue weighted by atomic mass is 9.81. The quantitative estimate of drug-likeness (QED) is 0.769. The molecule has 6 heteroatoms. The first-order valence-corrected chi connectivity index (χ1v) is 8.41. The van der Waals surface area contributed by atoms with Crippen molar-refractivity contribution in [3.8, 4) is 0 Å². The number of nitrogens with zero attached hydrogens (tertiary/aromatic N) is 1. The Bertz CT molecular complexity index is 472. The van der Waals surface area contributed by atoms with Gasteiger partial charge in [0, 0.05) is 32.2 Å². The van der Waals surface area contributed by atoms with Gasteiger partial charge < -0.3 is 11.1 Å². The summed E-state index contributed by atoms with van der Waals surface area (Å²) in [5.41, 5.74) is 6.79. The molecule has 3 N–H and O–H groups in total. The normalized spacial score (nSPS) is 17.7. The molecule has 0 bridgehead atoms. The minimum absolute atomic E-state index is 0. The zero-order valence-electron chi connectivity index (χ0n) is 14.7. The van der Waals surface area contributed by atoms with Crippen molar-refractivity contribution in [2.24, 2.45) is 11.1 Å². The second-order valence-corrected chi connectivity index (χ2v) is 6.37. The number of likely N-dealkylation sites (tertiary alicyclic amines) is 1. The molecule has 1 aromatic rings. The number of nitrogens with one attached hydrogen (secondary N) is 1. The number of halogens is 2. The van der Waals surface area contributed by atoms with Crippen molar-refractivity contribution in [1.82, 2.24) is 10.2 Å². The van der Waals surface area contributed by atoms with Gasteiger partial charge in [-0.2, -0.15) is 0 Å². The maximum Gasteiger partial charge on any atom is 0.227 e. The Morgan fingerprint density at radius 3 is 2.42 bits per heavy atom. The Labute approximate surface area is 158 Å². The van der Waals surface area contributed by atoms with Crippen LogP contribution in [0.1, 0.15) is 38.7 Å². The monoisotopic (exact) mass is 375 g/mol. The zero-order valence-corrected chi connectivity index (χ0v) is 16.3. The highest BCUT2D eigenvalue weighted by Crippen LogP contribution is 2.26. The van der Waals surface area contributed by atoms with Gasteiger partial charge >= 0.3 is 0 Å². The topological polar surface area (TPSA) is 58.4 Å². The van der Waals surface area contributed by atoms with Crippen molar-refractivity contribution >= 4 is 30.7 Å². The lowest BCUT2D eigenvalue weighted by molar-refractivity contribution is -0.131. The lowest BCUT2D eigenvalue weighted by Gasteiger charge is -2.30. The van der Waals surface area contributed by atoms with Crippen molar-refractivity contribution in [3.05, 3.63) is 35.9 Å². The fraction of sp³-hybridized carbons (Fsp3) is 0.611. The van der Waals surface area contributed by atoms with E-state index in [0.717, 1.165) is 38.9 Å². The van der Waals surface area contributed by atoms with Crippen LogP contribution < -0.4 is 11.1 Å². The van der Waals surface area contributed by atoms with Crippen molar-refractivity contribution in [1.29, 1.82) is 0 Å². The minimum atomic E-state index is -0.396. The maximum absolute atomic E-state index is 12.6. The van der Waals surface area contributed by atoms with Crippen LogP contribution in [-0.4, -0.2) is 36.5 Å². The summed E-state index contributed by atoms with van der Waals surface area (Å²) in [5.74, 6) is 0.131. The van der Waals surface area contributed by atoms with Gasteiger partial charge in [0.15, 0.2) is 0 Å². The molecule has 1 aliphatic rings. The largest absolute Gasteiger partial charge is 0.352 e. The molecule has 1 amide bonds. The summed E-state index contributed by atoms with van der Waals surface area (Å²) in [7, 11) is 0. The molecule has 1 heterocycles. The van der Waals surface area contributed by atoms with E-state index < -0.39 is 5.41 Å². The standard InChI is InChI=1S/C18H29N3O.2ClH/c1-3-18(4-2,14-19)17(22)20-16-10-11-21(13-16)12-15-8-6-5-7-9-15;;/h5-9,16H,3-4,10-14,19H2,1-2H3,(H,20,22);2*1H. The van der Waals surface area contributed by atoms with E-state index >= 15 is 0 Å². The summed E-state index contributed by atoms with van der Waals surface area (Å²) in [4.78, 5) is 15.0. The van der Waals surface area contributed by atoms with Crippen molar-refractivity contribution in [2.75, 3.05) is 19.6 Å². The van der Waals surface area contributed by atoms with Crippen LogP contribution in [0.25, 0.3) is 0 Å². The molecule has 1 atom stereocenters. The predicted octanol–water partition coefficient (Wildman–Crippen LogP) is 2.99. The van der Waals surface area contributed by atoms with E-state index in [2.05, 4.69) is 34.5 Å². The van der Waals surface area contributed by atoms with Gasteiger partial charge in [-0.15, -0.1) is 24.8 Å². The average molecular weight is 376 g/mol. The molecule has 1 aromatic carbocycles. The highest BCUT2D eigenvalue weighted by molar-refractivity contribution is 5.85. The van der Waals surface area contributed by atoms with Crippen LogP contribution in [0.15, 0.2) is 30.3 Å². The highest BCUT2D eigenvalue weighted by atomic mass is 35.5. The number of nitrogens with two attached hydrogens (primary N) is 1. The van der Waals surface area contributed by atoms with Crippen LogP contribution >= 0.6 is 24.8 Å². The van der Waals surface area contributed by atoms with Crippen LogP contribution in [0.2, 0.25) is 0 Å². The molecule has 0 aromatic heterocycles. The molecule has 24 heavy (non-hydrogen) atoms. The van der Waals surface area contributed by atoms with Gasteiger partial charge in [0.1, 0.15) is 0 Å². The molecule has 138 valence electrons. The van der Waals surface area contributed by atoms with Crippen LogP contribution in [0.4, 0.5) is 0 Å². The third-order valence-corrected chi connectivity index (χ3v) is 5.08. The van der Waals surface area contributed by atoms with Crippen LogP contribution in [0.3, 0.4) is 0 Å². The third kappa shape index (κ3) is 5.62. The van der Waals surface area contributed by atoms with E-state index in [9.17, 15) is 4.79 Å². The van der Waals surface area contributed by atoms with E-state index in [1.807, 2.05) is 19.9 Å². The molecule has 1 aliphatic heterocycles. The average Bonchev–Trinajstić information content (AvgIpc) is 2.97. The van der Waals surface area contributed by atoms with E-state index in [1.54, 1.807) is 0 Å². The Balaban J connectivity index is 0.00000264. The van der Waals surface area contributed by atoms with Crippen LogP contribution in [0.5, 0.6) is 0 Å². The second kappa shape index (κ2) is 10.9. The number of amides is 1. The number of hydrogen-bond acceptors (Lipinski definition) is 3. The van der Waals surface area contributed by atoms with Crippen LogP contribution in [-0.2, 0) is 11.3 Å². The molecular formula is C18H31Cl2N3O. The summed E-state index contributed by atoms with van der Waals surface area (Å²) in [6.07, 6.45) is 2.62. The second-order valence-electron chi connectivity index (χ2n) is 6.37.